The quantitative estimate of drug-likeness (QED) is 0.356. The molecular weight excluding hydrogens is 367 g/mol. The molecule has 0 bridgehead atoms. The second-order valence-corrected chi connectivity index (χ2v) is 6.21. The van der Waals surface area contributed by atoms with E-state index in [1.165, 1.54) is 40.7 Å². The second-order valence-electron chi connectivity index (χ2n) is 5.33. The average molecular weight is 379 g/mol. The zero-order valence-corrected chi connectivity index (χ0v) is 14.2. The fraction of sp³-hybridized carbons (Fsp3) is 0.118. The molecule has 1 heterocycles. The lowest BCUT2D eigenvalue weighted by Crippen LogP contribution is -2.07. The van der Waals surface area contributed by atoms with E-state index in [0.29, 0.717) is 11.3 Å². The summed E-state index contributed by atoms with van der Waals surface area (Å²) in [5, 5.41) is 14.5. The zero-order chi connectivity index (χ0) is 18.9. The summed E-state index contributed by atoms with van der Waals surface area (Å²) >= 11 is 1.51. The molecule has 0 aliphatic heterocycles. The first kappa shape index (κ1) is 18.0. The molecule has 0 aliphatic rings. The van der Waals surface area contributed by atoms with E-state index in [-0.39, 0.29) is 11.4 Å². The fourth-order valence-electron chi connectivity index (χ4n) is 2.40. The van der Waals surface area contributed by atoms with Gasteiger partial charge < -0.3 is 0 Å². The van der Waals surface area contributed by atoms with Gasteiger partial charge in [-0.05, 0) is 48.7 Å². The molecule has 0 atom stereocenters. The number of thioether (sulfide) groups is 1. The van der Waals surface area contributed by atoms with Gasteiger partial charge in [-0.3, -0.25) is 10.1 Å². The number of nitro benzene ring substituents is 1. The predicted molar refractivity (Wildman–Crippen MR) is 92.4 cm³/mol. The lowest BCUT2D eigenvalue weighted by Gasteiger charge is -2.08. The molecule has 134 valence electrons. The van der Waals surface area contributed by atoms with Gasteiger partial charge in [-0.1, -0.05) is 0 Å². The number of rotatable bonds is 4. The van der Waals surface area contributed by atoms with Crippen LogP contribution in [0.5, 0.6) is 0 Å². The highest BCUT2D eigenvalue weighted by Crippen LogP contribution is 2.34. The van der Waals surface area contributed by atoms with Gasteiger partial charge in [-0.15, -0.1) is 11.8 Å². The van der Waals surface area contributed by atoms with Crippen LogP contribution in [0.4, 0.5) is 18.9 Å². The Morgan fingerprint density at radius 2 is 1.69 bits per heavy atom. The molecule has 1 aromatic heterocycles. The second kappa shape index (κ2) is 6.83. The Balaban J connectivity index is 2.13. The number of benzene rings is 2. The fourth-order valence-corrected chi connectivity index (χ4v) is 2.81. The molecular formula is C17H12F3N3O2S. The third-order valence-electron chi connectivity index (χ3n) is 3.69. The number of nitro groups is 1. The van der Waals surface area contributed by atoms with Crippen LogP contribution in [-0.4, -0.2) is 21.0 Å². The van der Waals surface area contributed by atoms with Crippen LogP contribution in [-0.2, 0) is 6.18 Å². The smallest absolute Gasteiger partial charge is 0.258 e. The van der Waals surface area contributed by atoms with Crippen molar-refractivity contribution in [3.63, 3.8) is 0 Å². The number of hydrogen-bond donors (Lipinski definition) is 0. The van der Waals surface area contributed by atoms with Crippen molar-refractivity contribution >= 4 is 17.4 Å². The summed E-state index contributed by atoms with van der Waals surface area (Å²) in [5.74, 6) is 0. The Morgan fingerprint density at radius 3 is 2.19 bits per heavy atom. The van der Waals surface area contributed by atoms with E-state index in [9.17, 15) is 23.3 Å². The maximum atomic E-state index is 13.1. The summed E-state index contributed by atoms with van der Waals surface area (Å²) in [5.41, 5.74) is -0.108. The lowest BCUT2D eigenvalue weighted by atomic mass is 10.1. The summed E-state index contributed by atoms with van der Waals surface area (Å²) < 4.78 is 40.6. The third-order valence-corrected chi connectivity index (χ3v) is 4.43. The molecule has 26 heavy (non-hydrogen) atoms. The molecule has 5 nitrogen and oxygen atoms in total. The highest BCUT2D eigenvalue weighted by molar-refractivity contribution is 7.98. The minimum Gasteiger partial charge on any atom is -0.258 e. The van der Waals surface area contributed by atoms with Gasteiger partial charge in [0, 0.05) is 22.6 Å². The molecule has 0 fully saturated rings. The van der Waals surface area contributed by atoms with E-state index in [1.54, 1.807) is 24.3 Å². The SMILES string of the molecule is CSc1ccc(-n2nc(C(F)(F)F)cc2-c2ccc([N+](=O)[O-])cc2)cc1. The average Bonchev–Trinajstić information content (AvgIpc) is 3.07. The van der Waals surface area contributed by atoms with Crippen LogP contribution in [0.15, 0.2) is 59.5 Å². The standard InChI is InChI=1S/C17H12F3N3O2S/c1-26-14-8-6-12(7-9-14)22-15(10-16(21-22)17(18,19)20)11-2-4-13(5-3-11)23(24)25/h2-10H,1H3. The summed E-state index contributed by atoms with van der Waals surface area (Å²) in [7, 11) is 0. The highest BCUT2D eigenvalue weighted by Gasteiger charge is 2.35. The number of aromatic nitrogens is 2. The van der Waals surface area contributed by atoms with E-state index >= 15 is 0 Å². The van der Waals surface area contributed by atoms with Gasteiger partial charge in [0.15, 0.2) is 5.69 Å². The van der Waals surface area contributed by atoms with Crippen LogP contribution < -0.4 is 0 Å². The molecule has 0 N–H and O–H groups in total. The van der Waals surface area contributed by atoms with Gasteiger partial charge in [-0.2, -0.15) is 18.3 Å². The van der Waals surface area contributed by atoms with Gasteiger partial charge in [0.25, 0.3) is 5.69 Å². The monoisotopic (exact) mass is 379 g/mol. The van der Waals surface area contributed by atoms with Crippen molar-refractivity contribution < 1.29 is 18.1 Å². The van der Waals surface area contributed by atoms with Crippen molar-refractivity contribution in [2.75, 3.05) is 6.26 Å². The van der Waals surface area contributed by atoms with E-state index in [4.69, 9.17) is 0 Å². The Bertz CT molecular complexity index is 935. The zero-order valence-electron chi connectivity index (χ0n) is 13.4. The lowest BCUT2D eigenvalue weighted by molar-refractivity contribution is -0.384. The molecule has 0 saturated heterocycles. The van der Waals surface area contributed by atoms with E-state index in [2.05, 4.69) is 5.10 Å². The summed E-state index contributed by atoms with van der Waals surface area (Å²) in [4.78, 5) is 11.2. The minimum absolute atomic E-state index is 0.139. The number of nitrogens with zero attached hydrogens (tertiary/aromatic N) is 3. The topological polar surface area (TPSA) is 61.0 Å². The maximum Gasteiger partial charge on any atom is 0.435 e. The molecule has 3 aromatic rings. The molecule has 2 aromatic carbocycles. The molecule has 0 unspecified atom stereocenters. The Kier molecular flexibility index (Phi) is 4.73. The van der Waals surface area contributed by atoms with Crippen LogP contribution in [0.25, 0.3) is 16.9 Å². The number of non-ortho nitro benzene ring substituents is 1. The Labute approximate surface area is 150 Å². The first-order valence-corrected chi connectivity index (χ1v) is 8.58. The Morgan fingerprint density at radius 1 is 1.08 bits per heavy atom. The minimum atomic E-state index is -4.60. The number of halogens is 3. The largest absolute Gasteiger partial charge is 0.435 e. The molecule has 3 rings (SSSR count). The van der Waals surface area contributed by atoms with Crippen molar-refractivity contribution in [2.24, 2.45) is 0 Å². The van der Waals surface area contributed by atoms with E-state index in [1.807, 2.05) is 6.26 Å². The molecule has 0 spiro atoms. The van der Waals surface area contributed by atoms with Crippen LogP contribution in [0.3, 0.4) is 0 Å². The predicted octanol–water partition coefficient (Wildman–Crippen LogP) is 5.19. The number of alkyl halides is 3. The van der Waals surface area contributed by atoms with Crippen molar-refractivity contribution in [1.82, 2.24) is 9.78 Å². The summed E-state index contributed by atoms with van der Waals surface area (Å²) in [6, 6.07) is 13.2. The van der Waals surface area contributed by atoms with Gasteiger partial charge in [-0.25, -0.2) is 4.68 Å². The summed E-state index contributed by atoms with van der Waals surface area (Å²) in [6.45, 7) is 0. The molecule has 0 saturated carbocycles. The van der Waals surface area contributed by atoms with E-state index < -0.39 is 16.8 Å². The molecule has 0 amide bonds. The van der Waals surface area contributed by atoms with Gasteiger partial charge in [0.2, 0.25) is 0 Å². The maximum absolute atomic E-state index is 13.1. The van der Waals surface area contributed by atoms with Crippen molar-refractivity contribution in [2.45, 2.75) is 11.1 Å². The van der Waals surface area contributed by atoms with Crippen LogP contribution in [0, 0.1) is 10.1 Å². The molecule has 9 heteroatoms. The number of hydrogen-bond acceptors (Lipinski definition) is 4. The first-order chi connectivity index (χ1) is 12.3. The normalized spacial score (nSPS) is 11.5. The van der Waals surface area contributed by atoms with E-state index in [0.717, 1.165) is 11.0 Å². The Hall–Kier alpha value is -2.81. The summed E-state index contributed by atoms with van der Waals surface area (Å²) in [6.07, 6.45) is -2.70. The molecule has 0 radical (unpaired) electrons. The molecule has 0 aliphatic carbocycles. The van der Waals surface area contributed by atoms with Crippen molar-refractivity contribution in [1.29, 1.82) is 0 Å². The highest BCUT2D eigenvalue weighted by atomic mass is 32.2. The van der Waals surface area contributed by atoms with Crippen LogP contribution in [0.2, 0.25) is 0 Å². The van der Waals surface area contributed by atoms with Crippen LogP contribution >= 0.6 is 11.8 Å². The first-order valence-electron chi connectivity index (χ1n) is 7.36. The third kappa shape index (κ3) is 3.57. The van der Waals surface area contributed by atoms with Gasteiger partial charge in [0.1, 0.15) is 0 Å². The van der Waals surface area contributed by atoms with Gasteiger partial charge >= 0.3 is 6.18 Å². The van der Waals surface area contributed by atoms with Gasteiger partial charge in [0.05, 0.1) is 16.3 Å². The van der Waals surface area contributed by atoms with Crippen molar-refractivity contribution in [3.8, 4) is 16.9 Å². The van der Waals surface area contributed by atoms with Crippen molar-refractivity contribution in [3.05, 3.63) is 70.4 Å². The van der Waals surface area contributed by atoms with Crippen LogP contribution in [0.1, 0.15) is 5.69 Å².